The second-order valence-corrected chi connectivity index (χ2v) is 6.13. The van der Waals surface area contributed by atoms with Crippen molar-refractivity contribution in [1.29, 1.82) is 0 Å². The third kappa shape index (κ3) is 3.44. The minimum Gasteiger partial charge on any atom is -0.305 e. The van der Waals surface area contributed by atoms with Crippen LogP contribution in [0.2, 0.25) is 0 Å². The summed E-state index contributed by atoms with van der Waals surface area (Å²) in [4.78, 5) is 10.9. The van der Waals surface area contributed by atoms with E-state index in [1.165, 1.54) is 0 Å². The van der Waals surface area contributed by atoms with Crippen LogP contribution < -0.4 is 5.32 Å². The average molecular weight is 404 g/mol. The van der Waals surface area contributed by atoms with Gasteiger partial charge in [0.15, 0.2) is 5.17 Å². The van der Waals surface area contributed by atoms with Gasteiger partial charge in [0.1, 0.15) is 0 Å². The van der Waals surface area contributed by atoms with Gasteiger partial charge < -0.3 is 5.32 Å². The second-order valence-electron chi connectivity index (χ2n) is 5.13. The lowest BCUT2D eigenvalue weighted by Crippen LogP contribution is -2.55. The maximum Gasteiger partial charge on any atom is 0.443 e. The highest BCUT2D eigenvalue weighted by Crippen LogP contribution is 2.59. The molecule has 0 aromatic heterocycles. The van der Waals surface area contributed by atoms with Gasteiger partial charge in [-0.3, -0.25) is 4.79 Å². The minimum atomic E-state index is -6.43. The summed E-state index contributed by atoms with van der Waals surface area (Å²) >= 11 is -0.857. The van der Waals surface area contributed by atoms with Crippen LogP contribution in [0.15, 0.2) is 15.7 Å². The number of carbonyl (C=O) groups excluding carboxylic acids is 1. The number of amidine groups is 1. The number of carbonyl (C=O) groups is 1. The second kappa shape index (κ2) is 5.77. The molecule has 2 rings (SSSR count). The standard InChI is InChI=1S/C11H6F10N2OS/c12-4(9(13,14)15)5-8(10(16,17)18,11(19,20)21)23-7(25-5)22-6(24)3-1-2-3/h3H,1-2H2,(H,22,23,24). The zero-order valence-corrected chi connectivity index (χ0v) is 12.4. The number of halogens is 10. The van der Waals surface area contributed by atoms with Crippen molar-refractivity contribution >= 4 is 22.8 Å². The van der Waals surface area contributed by atoms with Crippen molar-refractivity contribution < 1.29 is 48.7 Å². The third-order valence-electron chi connectivity index (χ3n) is 3.24. The van der Waals surface area contributed by atoms with Gasteiger partial charge in [-0.2, -0.15) is 39.5 Å². The van der Waals surface area contributed by atoms with E-state index in [1.54, 1.807) is 5.32 Å². The Morgan fingerprint density at radius 3 is 1.88 bits per heavy atom. The number of rotatable bonds is 1. The van der Waals surface area contributed by atoms with Crippen LogP contribution in [0.5, 0.6) is 0 Å². The topological polar surface area (TPSA) is 41.5 Å². The summed E-state index contributed by atoms with van der Waals surface area (Å²) in [6.07, 6.45) is -18.3. The van der Waals surface area contributed by atoms with E-state index in [4.69, 9.17) is 0 Å². The maximum absolute atomic E-state index is 13.4. The van der Waals surface area contributed by atoms with Crippen molar-refractivity contribution in [2.24, 2.45) is 10.9 Å². The van der Waals surface area contributed by atoms with Gasteiger partial charge in [0.05, 0.1) is 4.91 Å². The molecular weight excluding hydrogens is 398 g/mol. The van der Waals surface area contributed by atoms with E-state index in [2.05, 4.69) is 4.99 Å². The molecule has 1 fully saturated rings. The molecule has 0 atom stereocenters. The molecule has 25 heavy (non-hydrogen) atoms. The van der Waals surface area contributed by atoms with Crippen molar-refractivity contribution in [3.63, 3.8) is 0 Å². The van der Waals surface area contributed by atoms with Gasteiger partial charge in [0, 0.05) is 5.92 Å². The van der Waals surface area contributed by atoms with Crippen LogP contribution in [0.25, 0.3) is 0 Å². The molecule has 1 amide bonds. The highest BCUT2D eigenvalue weighted by Gasteiger charge is 2.77. The van der Waals surface area contributed by atoms with Crippen LogP contribution in [-0.2, 0) is 4.79 Å². The van der Waals surface area contributed by atoms with Gasteiger partial charge in [0.25, 0.3) is 5.54 Å². The molecule has 142 valence electrons. The summed E-state index contributed by atoms with van der Waals surface area (Å²) in [5.41, 5.74) is -5.45. The zero-order chi connectivity index (χ0) is 19.4. The summed E-state index contributed by atoms with van der Waals surface area (Å²) in [7, 11) is 0. The first kappa shape index (κ1) is 19.8. The maximum atomic E-state index is 13.4. The van der Waals surface area contributed by atoms with E-state index in [1.807, 2.05) is 0 Å². The van der Waals surface area contributed by atoms with E-state index >= 15 is 0 Å². The predicted octanol–water partition coefficient (Wildman–Crippen LogP) is 4.22. The Kier molecular flexibility index (Phi) is 4.58. The Bertz CT molecular complexity index is 627. The highest BCUT2D eigenvalue weighted by molar-refractivity contribution is 8.17. The smallest absolute Gasteiger partial charge is 0.305 e. The summed E-state index contributed by atoms with van der Waals surface area (Å²) in [6.45, 7) is 0. The largest absolute Gasteiger partial charge is 0.443 e. The Balaban J connectivity index is 2.61. The summed E-state index contributed by atoms with van der Waals surface area (Å²) < 4.78 is 129. The molecule has 1 heterocycles. The fraction of sp³-hybridized carbons (Fsp3) is 0.636. The highest BCUT2D eigenvalue weighted by atomic mass is 32.2. The van der Waals surface area contributed by atoms with Gasteiger partial charge in [-0.25, -0.2) is 9.38 Å². The average Bonchev–Trinajstić information content (AvgIpc) is 3.16. The first-order valence-electron chi connectivity index (χ1n) is 6.30. The van der Waals surface area contributed by atoms with Gasteiger partial charge in [-0.05, 0) is 12.8 Å². The molecule has 2 aliphatic rings. The minimum absolute atomic E-state index is 0.313. The molecule has 1 saturated carbocycles. The van der Waals surface area contributed by atoms with Crippen molar-refractivity contribution in [3.8, 4) is 0 Å². The van der Waals surface area contributed by atoms with E-state index < -0.39 is 63.6 Å². The Labute approximate surface area is 136 Å². The van der Waals surface area contributed by atoms with Crippen LogP contribution in [0.1, 0.15) is 12.8 Å². The molecular formula is C11H6F10N2OS. The SMILES string of the molecule is O=C(NC1=NC(C(F)(F)F)(C(F)(F)F)C(=C(F)C(F)(F)F)S1)C1CC1. The van der Waals surface area contributed by atoms with E-state index in [9.17, 15) is 48.7 Å². The van der Waals surface area contributed by atoms with Gasteiger partial charge >= 0.3 is 18.5 Å². The zero-order valence-electron chi connectivity index (χ0n) is 11.5. The summed E-state index contributed by atoms with van der Waals surface area (Å²) in [5, 5.41) is 0.180. The first-order chi connectivity index (χ1) is 11.1. The number of alkyl halides is 9. The van der Waals surface area contributed by atoms with Crippen molar-refractivity contribution in [2.45, 2.75) is 36.9 Å². The Morgan fingerprint density at radius 2 is 1.52 bits per heavy atom. The van der Waals surface area contributed by atoms with Crippen LogP contribution in [0.3, 0.4) is 0 Å². The quantitative estimate of drug-likeness (QED) is 0.665. The lowest BCUT2D eigenvalue weighted by atomic mass is 9.97. The Morgan fingerprint density at radius 1 is 1.04 bits per heavy atom. The molecule has 0 radical (unpaired) electrons. The monoisotopic (exact) mass is 404 g/mol. The number of hydrogen-bond acceptors (Lipinski definition) is 3. The summed E-state index contributed by atoms with van der Waals surface area (Å²) in [5.74, 6) is -5.26. The number of amides is 1. The van der Waals surface area contributed by atoms with Crippen LogP contribution in [0.4, 0.5) is 43.9 Å². The number of thioether (sulfide) groups is 1. The fourth-order valence-electron chi connectivity index (χ4n) is 1.88. The molecule has 1 N–H and O–H groups in total. The number of nitrogens with one attached hydrogen (secondary N) is 1. The molecule has 1 aliphatic heterocycles. The summed E-state index contributed by atoms with van der Waals surface area (Å²) in [6, 6.07) is 0. The lowest BCUT2D eigenvalue weighted by Gasteiger charge is -2.31. The predicted molar refractivity (Wildman–Crippen MR) is 64.9 cm³/mol. The van der Waals surface area contributed by atoms with E-state index in [0.717, 1.165) is 0 Å². The lowest BCUT2D eigenvalue weighted by molar-refractivity contribution is -0.280. The molecule has 14 heteroatoms. The fourth-order valence-corrected chi connectivity index (χ4v) is 3.04. The van der Waals surface area contributed by atoms with Crippen molar-refractivity contribution in [2.75, 3.05) is 0 Å². The normalized spacial score (nSPS) is 23.4. The van der Waals surface area contributed by atoms with E-state index in [-0.39, 0.29) is 0 Å². The molecule has 0 saturated heterocycles. The third-order valence-corrected chi connectivity index (χ3v) is 4.31. The van der Waals surface area contributed by atoms with E-state index in [0.29, 0.717) is 12.8 Å². The van der Waals surface area contributed by atoms with Gasteiger partial charge in [-0.15, -0.1) is 0 Å². The van der Waals surface area contributed by atoms with Crippen molar-refractivity contribution in [1.82, 2.24) is 5.32 Å². The number of nitrogens with zero attached hydrogens (tertiary/aromatic N) is 1. The molecule has 0 bridgehead atoms. The van der Waals surface area contributed by atoms with Crippen LogP contribution in [-0.4, -0.2) is 35.1 Å². The molecule has 0 unspecified atom stereocenters. The Hall–Kier alpha value is -1.47. The number of hydrogen-bond donors (Lipinski definition) is 1. The molecule has 0 aromatic rings. The first-order valence-corrected chi connectivity index (χ1v) is 7.12. The molecule has 0 spiro atoms. The molecule has 0 aromatic carbocycles. The molecule has 3 nitrogen and oxygen atoms in total. The number of aliphatic imine (C=N–C) groups is 1. The van der Waals surface area contributed by atoms with Gasteiger partial charge in [-0.1, -0.05) is 11.8 Å². The van der Waals surface area contributed by atoms with Crippen LogP contribution >= 0.6 is 11.8 Å². The van der Waals surface area contributed by atoms with Gasteiger partial charge in [0.2, 0.25) is 11.7 Å². The molecule has 1 aliphatic carbocycles. The van der Waals surface area contributed by atoms with Crippen molar-refractivity contribution in [3.05, 3.63) is 10.7 Å². The number of allylic oxidation sites excluding steroid dienone is 1. The van der Waals surface area contributed by atoms with Crippen LogP contribution in [0, 0.1) is 5.92 Å².